The van der Waals surface area contributed by atoms with Gasteiger partial charge in [-0.2, -0.15) is 9.36 Å². The maximum absolute atomic E-state index is 13.6. The highest BCUT2D eigenvalue weighted by molar-refractivity contribution is 8.00. The third-order valence-electron chi connectivity index (χ3n) is 6.34. The van der Waals surface area contributed by atoms with Gasteiger partial charge in [0.05, 0.1) is 5.25 Å². The Kier molecular flexibility index (Phi) is 10.4. The molecule has 0 aliphatic carbocycles. The summed E-state index contributed by atoms with van der Waals surface area (Å²) >= 11 is 4.02. The van der Waals surface area contributed by atoms with E-state index in [0.29, 0.717) is 21.5 Å². The molecule has 1 aromatic heterocycles. The van der Waals surface area contributed by atoms with Crippen LogP contribution in [0.1, 0.15) is 29.8 Å². The van der Waals surface area contributed by atoms with E-state index >= 15 is 0 Å². The van der Waals surface area contributed by atoms with E-state index in [-0.39, 0.29) is 11.6 Å². The van der Waals surface area contributed by atoms with Gasteiger partial charge in [-0.3, -0.25) is 19.7 Å². The fraction of sp³-hybridized carbons (Fsp3) is 0.121. The SMILES string of the molecule is CCSc1nsc(NC(=O)C(C)Sc2cccc(NC(=O)/C(=C\c3cccc4ccccc34)NC(=O)c3ccccc3)c2)n1. The number of thioether (sulfide) groups is 2. The van der Waals surface area contributed by atoms with Crippen molar-refractivity contribution in [2.24, 2.45) is 0 Å². The van der Waals surface area contributed by atoms with Crippen LogP contribution < -0.4 is 16.0 Å². The van der Waals surface area contributed by atoms with Gasteiger partial charge < -0.3 is 10.6 Å². The first kappa shape index (κ1) is 31.0. The Morgan fingerprint density at radius 1 is 0.909 bits per heavy atom. The van der Waals surface area contributed by atoms with E-state index in [2.05, 4.69) is 25.3 Å². The molecule has 0 bridgehead atoms. The number of hydrogen-bond acceptors (Lipinski definition) is 8. The molecule has 4 aromatic carbocycles. The van der Waals surface area contributed by atoms with Crippen LogP contribution in [-0.4, -0.2) is 38.1 Å². The van der Waals surface area contributed by atoms with E-state index in [1.54, 1.807) is 55.5 Å². The molecule has 1 unspecified atom stereocenters. The molecule has 5 aromatic rings. The van der Waals surface area contributed by atoms with Crippen LogP contribution in [0.15, 0.2) is 113 Å². The average Bonchev–Trinajstić information content (AvgIpc) is 3.48. The van der Waals surface area contributed by atoms with Gasteiger partial charge in [0.25, 0.3) is 11.8 Å². The summed E-state index contributed by atoms with van der Waals surface area (Å²) in [5.74, 6) is -0.222. The van der Waals surface area contributed by atoms with Crippen molar-refractivity contribution >= 4 is 80.4 Å². The van der Waals surface area contributed by atoms with Crippen molar-refractivity contribution in [2.45, 2.75) is 29.1 Å². The van der Waals surface area contributed by atoms with E-state index in [1.165, 1.54) is 23.5 Å². The molecule has 3 amide bonds. The number of aromatic nitrogens is 2. The number of carbonyl (C=O) groups excluding carboxylic acids is 3. The minimum Gasteiger partial charge on any atom is -0.321 e. The molecule has 1 heterocycles. The van der Waals surface area contributed by atoms with Crippen molar-refractivity contribution in [3.05, 3.63) is 114 Å². The van der Waals surface area contributed by atoms with Crippen molar-refractivity contribution in [2.75, 3.05) is 16.4 Å². The highest BCUT2D eigenvalue weighted by atomic mass is 32.2. The van der Waals surface area contributed by atoms with Gasteiger partial charge in [-0.25, -0.2) is 0 Å². The summed E-state index contributed by atoms with van der Waals surface area (Å²) in [5, 5.41) is 11.2. The minimum atomic E-state index is -0.479. The number of benzene rings is 4. The van der Waals surface area contributed by atoms with Crippen molar-refractivity contribution < 1.29 is 14.4 Å². The topological polar surface area (TPSA) is 113 Å². The average molecular weight is 640 g/mol. The fourth-order valence-corrected chi connectivity index (χ4v) is 6.43. The van der Waals surface area contributed by atoms with Crippen molar-refractivity contribution in [3.8, 4) is 0 Å². The predicted molar refractivity (Wildman–Crippen MR) is 181 cm³/mol. The Hall–Kier alpha value is -4.45. The van der Waals surface area contributed by atoms with Crippen molar-refractivity contribution in [1.29, 1.82) is 0 Å². The maximum Gasteiger partial charge on any atom is 0.272 e. The molecule has 0 saturated carbocycles. The molecule has 0 fully saturated rings. The molecular formula is C33H29N5O3S3. The van der Waals surface area contributed by atoms with Gasteiger partial charge in [0.1, 0.15) is 5.70 Å². The van der Waals surface area contributed by atoms with E-state index in [4.69, 9.17) is 0 Å². The van der Waals surface area contributed by atoms with Crippen LogP contribution >= 0.6 is 35.1 Å². The van der Waals surface area contributed by atoms with E-state index < -0.39 is 17.1 Å². The second kappa shape index (κ2) is 14.8. The molecule has 11 heteroatoms. The van der Waals surface area contributed by atoms with Gasteiger partial charge in [-0.05, 0) is 65.4 Å². The maximum atomic E-state index is 13.6. The molecule has 222 valence electrons. The molecule has 1 atom stereocenters. The lowest BCUT2D eigenvalue weighted by atomic mass is 10.0. The van der Waals surface area contributed by atoms with Crippen LogP contribution in [0.3, 0.4) is 0 Å². The first-order valence-electron chi connectivity index (χ1n) is 13.8. The summed E-state index contributed by atoms with van der Waals surface area (Å²) < 4.78 is 4.23. The van der Waals surface area contributed by atoms with Gasteiger partial charge in [0, 0.05) is 27.7 Å². The predicted octanol–water partition coefficient (Wildman–Crippen LogP) is 7.33. The van der Waals surface area contributed by atoms with Crippen LogP contribution in [0.5, 0.6) is 0 Å². The summed E-state index contributed by atoms with van der Waals surface area (Å²) in [6.07, 6.45) is 1.68. The van der Waals surface area contributed by atoms with Crippen LogP contribution in [0.4, 0.5) is 10.8 Å². The molecule has 0 radical (unpaired) electrons. The quantitative estimate of drug-likeness (QED) is 0.102. The standard InChI is InChI=1S/C33H29N5O3S3/c1-3-42-33-37-32(44-38-33)36-29(39)21(2)43-26-17-10-16-25(20-26)34-31(41)28(35-30(40)23-12-5-4-6-13-23)19-24-15-9-14-22-11-7-8-18-27(22)24/h4-21H,3H2,1-2H3,(H,34,41)(H,35,40)(H,36,37,38,39)/b28-19+. The van der Waals surface area contributed by atoms with Gasteiger partial charge in [-0.1, -0.05) is 85.4 Å². The highest BCUT2D eigenvalue weighted by Gasteiger charge is 2.19. The zero-order chi connectivity index (χ0) is 30.9. The normalized spacial score (nSPS) is 12.0. The zero-order valence-corrected chi connectivity index (χ0v) is 26.4. The van der Waals surface area contributed by atoms with Gasteiger partial charge in [0.2, 0.25) is 16.2 Å². The van der Waals surface area contributed by atoms with Crippen LogP contribution in [-0.2, 0) is 9.59 Å². The smallest absolute Gasteiger partial charge is 0.272 e. The first-order chi connectivity index (χ1) is 21.4. The fourth-order valence-electron chi connectivity index (χ4n) is 4.23. The highest BCUT2D eigenvalue weighted by Crippen LogP contribution is 2.28. The molecule has 0 spiro atoms. The Morgan fingerprint density at radius 2 is 1.66 bits per heavy atom. The number of nitrogens with zero attached hydrogens (tertiary/aromatic N) is 2. The summed E-state index contributed by atoms with van der Waals surface area (Å²) in [5.41, 5.74) is 1.85. The molecule has 44 heavy (non-hydrogen) atoms. The molecule has 5 rings (SSSR count). The third kappa shape index (κ3) is 8.13. The van der Waals surface area contributed by atoms with Gasteiger partial charge in [-0.15, -0.1) is 11.8 Å². The van der Waals surface area contributed by atoms with Crippen molar-refractivity contribution in [3.63, 3.8) is 0 Å². The zero-order valence-electron chi connectivity index (χ0n) is 23.9. The Morgan fingerprint density at radius 3 is 2.48 bits per heavy atom. The lowest BCUT2D eigenvalue weighted by molar-refractivity contribution is -0.115. The number of carbonyl (C=O) groups is 3. The second-order valence-electron chi connectivity index (χ2n) is 9.49. The first-order valence-corrected chi connectivity index (χ1v) is 16.4. The molecule has 0 aliphatic rings. The van der Waals surface area contributed by atoms with Crippen LogP contribution in [0.2, 0.25) is 0 Å². The molecule has 3 N–H and O–H groups in total. The molecule has 0 saturated heterocycles. The largest absolute Gasteiger partial charge is 0.321 e. The van der Waals surface area contributed by atoms with Crippen LogP contribution in [0, 0.1) is 0 Å². The summed E-state index contributed by atoms with van der Waals surface area (Å²) in [6, 6.07) is 29.6. The number of nitrogens with one attached hydrogen (secondary N) is 3. The Balaban J connectivity index is 1.33. The molecule has 8 nitrogen and oxygen atoms in total. The van der Waals surface area contributed by atoms with E-state index in [9.17, 15) is 14.4 Å². The number of fused-ring (bicyclic) bond motifs is 1. The van der Waals surface area contributed by atoms with Gasteiger partial charge in [0.15, 0.2) is 0 Å². The minimum absolute atomic E-state index is 0.0960. The Labute approximate surface area is 267 Å². The van der Waals surface area contributed by atoms with E-state index in [1.807, 2.05) is 61.5 Å². The third-order valence-corrected chi connectivity index (χ3v) is 8.91. The number of anilines is 2. The number of rotatable bonds is 11. The van der Waals surface area contributed by atoms with Crippen molar-refractivity contribution in [1.82, 2.24) is 14.7 Å². The summed E-state index contributed by atoms with van der Waals surface area (Å²) in [4.78, 5) is 44.6. The van der Waals surface area contributed by atoms with Crippen LogP contribution in [0.25, 0.3) is 16.8 Å². The lowest BCUT2D eigenvalue weighted by Gasteiger charge is -2.14. The number of amides is 3. The molecular weight excluding hydrogens is 611 g/mol. The lowest BCUT2D eigenvalue weighted by Crippen LogP contribution is -2.30. The molecule has 0 aliphatic heterocycles. The second-order valence-corrected chi connectivity index (χ2v) is 12.9. The number of hydrogen-bond donors (Lipinski definition) is 3. The Bertz CT molecular complexity index is 1820. The van der Waals surface area contributed by atoms with Gasteiger partial charge >= 0.3 is 0 Å². The van der Waals surface area contributed by atoms with E-state index in [0.717, 1.165) is 38.5 Å². The monoisotopic (exact) mass is 639 g/mol. The summed E-state index contributed by atoms with van der Waals surface area (Å²) in [7, 11) is 0. The summed E-state index contributed by atoms with van der Waals surface area (Å²) in [6.45, 7) is 3.82.